The number of nitrogens with one attached hydrogen (secondary N) is 1. The molecule has 6 nitrogen and oxygen atoms in total. The first-order valence-electron chi connectivity index (χ1n) is 10.1. The summed E-state index contributed by atoms with van der Waals surface area (Å²) in [6.07, 6.45) is -0.687. The lowest BCUT2D eigenvalue weighted by Gasteiger charge is -2.30. The first-order chi connectivity index (χ1) is 15.0. The first-order valence-corrected chi connectivity index (χ1v) is 11.6. The maximum Gasteiger partial charge on any atom is 0.404 e. The molecule has 1 fully saturated rings. The SMILES string of the molecule is Cc1ccc2c(c1)c(C#N)c(-c1ccc(S(=O)(=O)NC(C)C(F)(F)F)cn1)n2C1CCC1. The van der Waals surface area contributed by atoms with Crippen LogP contribution in [0.1, 0.15) is 43.4 Å². The molecule has 1 N–H and O–H groups in total. The lowest BCUT2D eigenvalue weighted by molar-refractivity contribution is -0.147. The van der Waals surface area contributed by atoms with E-state index in [1.807, 2.05) is 25.1 Å². The highest BCUT2D eigenvalue weighted by atomic mass is 32.2. The highest BCUT2D eigenvalue weighted by molar-refractivity contribution is 7.89. The molecular formula is C22H21F3N4O2S. The number of aromatic nitrogens is 2. The van der Waals surface area contributed by atoms with Crippen LogP contribution in [0.5, 0.6) is 0 Å². The van der Waals surface area contributed by atoms with Gasteiger partial charge in [0.25, 0.3) is 0 Å². The van der Waals surface area contributed by atoms with Crippen LogP contribution in [0.2, 0.25) is 0 Å². The third kappa shape index (κ3) is 3.87. The number of pyridine rings is 1. The molecule has 168 valence electrons. The van der Waals surface area contributed by atoms with E-state index in [-0.39, 0.29) is 10.9 Å². The number of alkyl halides is 3. The molecule has 0 amide bonds. The van der Waals surface area contributed by atoms with Crippen molar-refractivity contribution in [2.45, 2.75) is 56.3 Å². The zero-order valence-corrected chi connectivity index (χ0v) is 18.3. The van der Waals surface area contributed by atoms with Gasteiger partial charge in [-0.1, -0.05) is 11.6 Å². The van der Waals surface area contributed by atoms with Crippen molar-refractivity contribution in [1.82, 2.24) is 14.3 Å². The van der Waals surface area contributed by atoms with E-state index < -0.39 is 22.2 Å². The van der Waals surface area contributed by atoms with E-state index in [0.29, 0.717) is 17.0 Å². The maximum atomic E-state index is 12.8. The van der Waals surface area contributed by atoms with E-state index in [0.717, 1.165) is 48.8 Å². The largest absolute Gasteiger partial charge is 0.404 e. The lowest BCUT2D eigenvalue weighted by Crippen LogP contribution is -2.42. The van der Waals surface area contributed by atoms with Crippen LogP contribution in [0.3, 0.4) is 0 Å². The minimum absolute atomic E-state index is 0.205. The normalized spacial score (nSPS) is 16.0. The molecule has 4 rings (SSSR count). The summed E-state index contributed by atoms with van der Waals surface area (Å²) in [5.41, 5.74) is 3.35. The Labute approximate surface area is 183 Å². The molecule has 2 heterocycles. The summed E-state index contributed by atoms with van der Waals surface area (Å²) in [7, 11) is -4.41. The van der Waals surface area contributed by atoms with Crippen molar-refractivity contribution >= 4 is 20.9 Å². The Hall–Kier alpha value is -2.90. The number of rotatable bonds is 5. The molecule has 1 aliphatic carbocycles. The van der Waals surface area contributed by atoms with Crippen molar-refractivity contribution in [3.63, 3.8) is 0 Å². The van der Waals surface area contributed by atoms with E-state index in [4.69, 9.17) is 0 Å². The van der Waals surface area contributed by atoms with Crippen molar-refractivity contribution in [3.05, 3.63) is 47.7 Å². The second-order valence-corrected chi connectivity index (χ2v) is 9.79. The summed E-state index contributed by atoms with van der Waals surface area (Å²) in [6, 6.07) is 8.75. The van der Waals surface area contributed by atoms with Crippen LogP contribution in [0.4, 0.5) is 13.2 Å². The Balaban J connectivity index is 1.80. The summed E-state index contributed by atoms with van der Waals surface area (Å²) >= 11 is 0. The molecule has 1 aromatic carbocycles. The molecule has 1 aliphatic rings. The van der Waals surface area contributed by atoms with Gasteiger partial charge in [-0.25, -0.2) is 8.42 Å². The number of sulfonamides is 1. The van der Waals surface area contributed by atoms with E-state index in [9.17, 15) is 26.9 Å². The predicted molar refractivity (Wildman–Crippen MR) is 113 cm³/mol. The fourth-order valence-corrected chi connectivity index (χ4v) is 5.04. The van der Waals surface area contributed by atoms with Gasteiger partial charge in [-0.2, -0.15) is 23.2 Å². The molecule has 0 aliphatic heterocycles. The molecule has 1 atom stereocenters. The minimum atomic E-state index is -4.70. The average Bonchev–Trinajstić information content (AvgIpc) is 2.99. The molecular weight excluding hydrogens is 441 g/mol. The highest BCUT2D eigenvalue weighted by Crippen LogP contribution is 2.42. The number of fused-ring (bicyclic) bond motifs is 1. The molecule has 2 aromatic heterocycles. The van der Waals surface area contributed by atoms with Gasteiger partial charge in [0.2, 0.25) is 10.0 Å². The van der Waals surface area contributed by atoms with Gasteiger partial charge in [0, 0.05) is 17.6 Å². The van der Waals surface area contributed by atoms with Crippen molar-refractivity contribution < 1.29 is 21.6 Å². The zero-order valence-electron chi connectivity index (χ0n) is 17.4. The Morgan fingerprint density at radius 3 is 2.50 bits per heavy atom. The van der Waals surface area contributed by atoms with E-state index >= 15 is 0 Å². The van der Waals surface area contributed by atoms with Crippen LogP contribution in [0.15, 0.2) is 41.4 Å². The lowest BCUT2D eigenvalue weighted by atomic mass is 9.92. The molecule has 0 radical (unpaired) electrons. The third-order valence-corrected chi connectivity index (χ3v) is 7.35. The fourth-order valence-electron chi connectivity index (χ4n) is 3.86. The predicted octanol–water partition coefficient (Wildman–Crippen LogP) is 4.84. The summed E-state index contributed by atoms with van der Waals surface area (Å²) < 4.78 is 66.8. The molecule has 1 saturated carbocycles. The van der Waals surface area contributed by atoms with Gasteiger partial charge in [0.15, 0.2) is 0 Å². The van der Waals surface area contributed by atoms with Gasteiger partial charge in [0.05, 0.1) is 22.5 Å². The quantitative estimate of drug-likeness (QED) is 0.588. The van der Waals surface area contributed by atoms with Crippen LogP contribution in [0, 0.1) is 18.3 Å². The van der Waals surface area contributed by atoms with Crippen LogP contribution < -0.4 is 4.72 Å². The summed E-state index contributed by atoms with van der Waals surface area (Å²) in [5, 5.41) is 10.7. The molecule has 0 spiro atoms. The third-order valence-electron chi connectivity index (χ3n) is 5.82. The van der Waals surface area contributed by atoms with Crippen LogP contribution in [0.25, 0.3) is 22.3 Å². The first kappa shape index (κ1) is 22.3. The Morgan fingerprint density at radius 1 is 1.25 bits per heavy atom. The van der Waals surface area contributed by atoms with Gasteiger partial charge in [-0.05, 0) is 57.4 Å². The van der Waals surface area contributed by atoms with Gasteiger partial charge in [-0.3, -0.25) is 4.98 Å². The number of nitriles is 1. The standard InChI is InChI=1S/C22H21F3N4O2S/c1-13-6-9-20-17(10-13)18(11-26)21(29(20)15-4-3-5-15)19-8-7-16(12-27-19)32(30,31)28-14(2)22(23,24)25/h6-10,12,14-15,28H,3-5H2,1-2H3. The zero-order chi connectivity index (χ0) is 23.3. The topological polar surface area (TPSA) is 87.8 Å². The van der Waals surface area contributed by atoms with E-state index in [1.54, 1.807) is 4.72 Å². The number of hydrogen-bond acceptors (Lipinski definition) is 4. The Kier molecular flexibility index (Phi) is 5.51. The molecule has 32 heavy (non-hydrogen) atoms. The van der Waals surface area contributed by atoms with Crippen molar-refractivity contribution in [2.24, 2.45) is 0 Å². The molecule has 0 saturated heterocycles. The minimum Gasteiger partial charge on any atom is -0.335 e. The summed E-state index contributed by atoms with van der Waals surface area (Å²) in [6.45, 7) is 2.67. The van der Waals surface area contributed by atoms with Gasteiger partial charge in [-0.15, -0.1) is 0 Å². The number of nitrogens with zero attached hydrogens (tertiary/aromatic N) is 3. The fraction of sp³-hybridized carbons (Fsp3) is 0.364. The smallest absolute Gasteiger partial charge is 0.335 e. The van der Waals surface area contributed by atoms with Gasteiger partial charge >= 0.3 is 6.18 Å². The number of benzene rings is 1. The van der Waals surface area contributed by atoms with Gasteiger partial charge < -0.3 is 4.57 Å². The second kappa shape index (κ2) is 7.90. The number of halogens is 3. The van der Waals surface area contributed by atoms with Crippen molar-refractivity contribution in [1.29, 1.82) is 5.26 Å². The average molecular weight is 462 g/mol. The Bertz CT molecular complexity index is 1320. The monoisotopic (exact) mass is 462 g/mol. The van der Waals surface area contributed by atoms with E-state index in [1.165, 1.54) is 12.1 Å². The second-order valence-electron chi connectivity index (χ2n) is 8.07. The highest BCUT2D eigenvalue weighted by Gasteiger charge is 2.39. The van der Waals surface area contributed by atoms with Crippen molar-refractivity contribution in [2.75, 3.05) is 0 Å². The molecule has 1 unspecified atom stereocenters. The number of aryl methyl sites for hydroxylation is 1. The van der Waals surface area contributed by atoms with Crippen LogP contribution in [-0.2, 0) is 10.0 Å². The maximum absolute atomic E-state index is 12.8. The van der Waals surface area contributed by atoms with Crippen LogP contribution in [-0.4, -0.2) is 30.2 Å². The van der Waals surface area contributed by atoms with Crippen LogP contribution >= 0.6 is 0 Å². The molecule has 3 aromatic rings. The Morgan fingerprint density at radius 2 is 1.97 bits per heavy atom. The number of hydrogen-bond donors (Lipinski definition) is 1. The summed E-state index contributed by atoms with van der Waals surface area (Å²) in [5.74, 6) is 0. The van der Waals surface area contributed by atoms with E-state index in [2.05, 4.69) is 15.6 Å². The molecule has 10 heteroatoms. The van der Waals surface area contributed by atoms with Crippen molar-refractivity contribution in [3.8, 4) is 17.5 Å². The molecule has 0 bridgehead atoms. The van der Waals surface area contributed by atoms with Gasteiger partial charge in [0.1, 0.15) is 17.0 Å². The summed E-state index contributed by atoms with van der Waals surface area (Å²) in [4.78, 5) is 3.86.